The van der Waals surface area contributed by atoms with Gasteiger partial charge < -0.3 is 9.64 Å². The van der Waals surface area contributed by atoms with E-state index in [9.17, 15) is 18.0 Å². The minimum atomic E-state index is -3.74. The van der Waals surface area contributed by atoms with Gasteiger partial charge in [0.05, 0.1) is 23.8 Å². The third kappa shape index (κ3) is 6.09. The molecule has 1 atom stereocenters. The normalized spacial score (nSPS) is 17.7. The fraction of sp³-hybridized carbons (Fsp3) is 0.263. The van der Waals surface area contributed by atoms with Gasteiger partial charge in [-0.15, -0.1) is 0 Å². The van der Waals surface area contributed by atoms with Crippen molar-refractivity contribution in [3.63, 3.8) is 0 Å². The molecule has 29 heavy (non-hydrogen) atoms. The highest BCUT2D eigenvalue weighted by molar-refractivity contribution is 7.91. The van der Waals surface area contributed by atoms with E-state index in [-0.39, 0.29) is 10.5 Å². The van der Waals surface area contributed by atoms with Gasteiger partial charge in [0.1, 0.15) is 0 Å². The first-order valence-corrected chi connectivity index (χ1v) is 11.0. The lowest BCUT2D eigenvalue weighted by Gasteiger charge is -2.33. The first-order chi connectivity index (χ1) is 13.5. The number of ether oxygens (including phenoxy) is 1. The van der Waals surface area contributed by atoms with E-state index in [1.807, 2.05) is 0 Å². The van der Waals surface area contributed by atoms with Gasteiger partial charge in [0.15, 0.2) is 9.84 Å². The van der Waals surface area contributed by atoms with Crippen LogP contribution in [0.15, 0.2) is 70.8 Å². The molecular weight excluding hydrogens is 461 g/mol. The molecule has 0 fully saturated rings. The predicted molar refractivity (Wildman–Crippen MR) is 113 cm³/mol. The number of sulfone groups is 1. The summed E-state index contributed by atoms with van der Waals surface area (Å²) in [6.07, 6.45) is 5.55. The summed E-state index contributed by atoms with van der Waals surface area (Å²) in [5.74, 6) is -1.85. The zero-order valence-corrected chi connectivity index (χ0v) is 18.6. The van der Waals surface area contributed by atoms with Crippen molar-refractivity contribution in [2.75, 3.05) is 19.9 Å². The summed E-state index contributed by atoms with van der Waals surface area (Å²) >= 11 is 17.3. The van der Waals surface area contributed by atoms with E-state index in [1.54, 1.807) is 31.4 Å². The van der Waals surface area contributed by atoms with Crippen LogP contribution in [0.3, 0.4) is 0 Å². The molecular formula is C19H18Cl3NO5S. The van der Waals surface area contributed by atoms with Crippen molar-refractivity contribution in [3.05, 3.63) is 65.9 Å². The molecule has 1 heterocycles. The van der Waals surface area contributed by atoms with E-state index in [4.69, 9.17) is 34.8 Å². The van der Waals surface area contributed by atoms with Crippen molar-refractivity contribution in [3.8, 4) is 0 Å². The van der Waals surface area contributed by atoms with Gasteiger partial charge in [0.2, 0.25) is 5.78 Å². The number of allylic oxidation sites excluding steroid dienone is 3. The average molecular weight is 479 g/mol. The van der Waals surface area contributed by atoms with Crippen LogP contribution >= 0.6 is 34.8 Å². The van der Waals surface area contributed by atoms with Crippen LogP contribution in [0.4, 0.5) is 0 Å². The van der Waals surface area contributed by atoms with Gasteiger partial charge >= 0.3 is 5.97 Å². The van der Waals surface area contributed by atoms with Gasteiger partial charge in [-0.1, -0.05) is 53.0 Å². The topological polar surface area (TPSA) is 80.8 Å². The summed E-state index contributed by atoms with van der Waals surface area (Å²) in [5, 5.41) is 0. The number of hydrogen-bond donors (Lipinski definition) is 0. The van der Waals surface area contributed by atoms with Crippen molar-refractivity contribution in [2.24, 2.45) is 0 Å². The fourth-order valence-corrected chi connectivity index (χ4v) is 4.62. The Kier molecular flexibility index (Phi) is 7.56. The molecule has 1 aromatic rings. The highest BCUT2D eigenvalue weighted by atomic mass is 35.6. The number of halogens is 3. The second-order valence-corrected chi connectivity index (χ2v) is 10.5. The maximum absolute atomic E-state index is 12.8. The largest absolute Gasteiger partial charge is 0.466 e. The van der Waals surface area contributed by atoms with Crippen LogP contribution in [-0.2, 0) is 24.2 Å². The lowest BCUT2D eigenvalue weighted by Crippen LogP contribution is -2.42. The van der Waals surface area contributed by atoms with Gasteiger partial charge in [-0.25, -0.2) is 13.2 Å². The number of esters is 1. The molecule has 1 unspecified atom stereocenters. The number of benzene rings is 1. The molecule has 0 spiro atoms. The lowest BCUT2D eigenvalue weighted by molar-refractivity contribution is -0.134. The van der Waals surface area contributed by atoms with Gasteiger partial charge in [0.25, 0.3) is 3.79 Å². The Morgan fingerprint density at radius 3 is 2.38 bits per heavy atom. The first kappa shape index (κ1) is 23.5. The number of Topliss-reactive ketones (excluding diaryl/α,β-unsaturated/α-hetero) is 1. The summed E-state index contributed by atoms with van der Waals surface area (Å²) in [4.78, 5) is 25.7. The third-order valence-electron chi connectivity index (χ3n) is 4.14. The first-order valence-electron chi connectivity index (χ1n) is 8.26. The summed E-state index contributed by atoms with van der Waals surface area (Å²) in [5.41, 5.74) is 0.433. The Labute approximate surface area is 184 Å². The maximum atomic E-state index is 12.8. The zero-order valence-electron chi connectivity index (χ0n) is 15.5. The number of likely N-dealkylation sites (N-methyl/N-ethyl adjacent to an activating group) is 1. The van der Waals surface area contributed by atoms with Crippen LogP contribution in [-0.4, -0.2) is 54.8 Å². The molecule has 0 N–H and O–H groups in total. The summed E-state index contributed by atoms with van der Waals surface area (Å²) in [6.45, 7) is 0. The molecule has 1 aliphatic rings. The quantitative estimate of drug-likeness (QED) is 0.355. The molecule has 0 amide bonds. The van der Waals surface area contributed by atoms with E-state index in [0.717, 1.165) is 6.08 Å². The zero-order chi connectivity index (χ0) is 21.8. The number of hydrogen-bond acceptors (Lipinski definition) is 6. The van der Waals surface area contributed by atoms with Crippen molar-refractivity contribution >= 4 is 56.4 Å². The Hall–Kier alpha value is -1.80. The van der Waals surface area contributed by atoms with Crippen LogP contribution in [0, 0.1) is 0 Å². The summed E-state index contributed by atoms with van der Waals surface area (Å²) in [7, 11) is -0.916. The van der Waals surface area contributed by atoms with Crippen LogP contribution in [0.25, 0.3) is 0 Å². The number of methoxy groups -OCH3 is 1. The lowest BCUT2D eigenvalue weighted by atomic mass is 9.97. The monoisotopic (exact) mass is 477 g/mol. The molecule has 156 valence electrons. The van der Waals surface area contributed by atoms with E-state index >= 15 is 0 Å². The molecule has 10 heteroatoms. The Morgan fingerprint density at radius 2 is 1.83 bits per heavy atom. The molecule has 1 aliphatic heterocycles. The summed E-state index contributed by atoms with van der Waals surface area (Å²) < 4.78 is 27.9. The van der Waals surface area contributed by atoms with E-state index in [0.29, 0.717) is 5.57 Å². The fourth-order valence-electron chi connectivity index (χ4n) is 2.70. The van der Waals surface area contributed by atoms with Crippen molar-refractivity contribution in [2.45, 2.75) is 14.7 Å². The Bertz CT molecular complexity index is 979. The number of nitrogens with zero attached hydrogens (tertiary/aromatic N) is 1. The highest BCUT2D eigenvalue weighted by Gasteiger charge is 2.40. The smallest absolute Gasteiger partial charge is 0.330 e. The SMILES string of the molecule is COC(=O)/C=C/C1=CN(C)C(CS(=O)(=O)c2ccccc2)C(C(=O)C(Cl)(Cl)Cl)=C1. The molecule has 0 aromatic heterocycles. The highest BCUT2D eigenvalue weighted by Crippen LogP contribution is 2.34. The minimum Gasteiger partial charge on any atom is -0.466 e. The Morgan fingerprint density at radius 1 is 1.21 bits per heavy atom. The molecule has 0 bridgehead atoms. The molecule has 6 nitrogen and oxygen atoms in total. The van der Waals surface area contributed by atoms with Crippen molar-refractivity contribution < 1.29 is 22.7 Å². The van der Waals surface area contributed by atoms with Crippen molar-refractivity contribution in [1.29, 1.82) is 0 Å². The molecule has 0 saturated heterocycles. The molecule has 2 rings (SSSR count). The number of rotatable bonds is 6. The third-order valence-corrected chi connectivity index (χ3v) is 6.40. The average Bonchev–Trinajstić information content (AvgIpc) is 2.67. The molecule has 1 aromatic carbocycles. The van der Waals surface area contributed by atoms with Crippen molar-refractivity contribution in [1.82, 2.24) is 4.90 Å². The summed E-state index contributed by atoms with van der Waals surface area (Å²) in [6, 6.07) is 6.97. The van der Waals surface area contributed by atoms with Crippen LogP contribution in [0.1, 0.15) is 0 Å². The van der Waals surface area contributed by atoms with Crippen LogP contribution < -0.4 is 0 Å². The second kappa shape index (κ2) is 9.34. The van der Waals surface area contributed by atoms with Crippen LogP contribution in [0.2, 0.25) is 0 Å². The van der Waals surface area contributed by atoms with E-state index in [2.05, 4.69) is 4.74 Å². The number of ketones is 1. The molecule has 0 aliphatic carbocycles. The maximum Gasteiger partial charge on any atom is 0.330 e. The number of alkyl halides is 3. The number of carbonyl (C=O) groups is 2. The van der Waals surface area contributed by atoms with Gasteiger partial charge in [-0.05, 0) is 29.9 Å². The van der Waals surface area contributed by atoms with Gasteiger partial charge in [-0.2, -0.15) is 0 Å². The van der Waals surface area contributed by atoms with E-state index in [1.165, 1.54) is 36.3 Å². The second-order valence-electron chi connectivity index (χ2n) is 6.19. The molecule has 0 saturated carbocycles. The standard InChI is InChI=1S/C19H18Cl3NO5S/c1-23-11-13(8-9-17(24)28-2)10-15(18(25)19(20,21)22)16(23)12-29(26,27)14-6-4-3-5-7-14/h3-11,16H,12H2,1-2H3/b9-8+. The van der Waals surface area contributed by atoms with Crippen LogP contribution in [0.5, 0.6) is 0 Å². The van der Waals surface area contributed by atoms with E-state index < -0.39 is 37.2 Å². The molecule has 0 radical (unpaired) electrons. The van der Waals surface area contributed by atoms with Gasteiger partial charge in [-0.3, -0.25) is 4.79 Å². The number of carbonyl (C=O) groups excluding carboxylic acids is 2. The van der Waals surface area contributed by atoms with Gasteiger partial charge in [0, 0.05) is 24.9 Å². The Balaban J connectivity index is 2.44. The minimum absolute atomic E-state index is 0.000906. The predicted octanol–water partition coefficient (Wildman–Crippen LogP) is 3.25.